The molecule has 0 radical (unpaired) electrons. The summed E-state index contributed by atoms with van der Waals surface area (Å²) in [5.74, 6) is -0.251. The fourth-order valence-corrected chi connectivity index (χ4v) is 3.10. The highest BCUT2D eigenvalue weighted by molar-refractivity contribution is 6.30. The number of methoxy groups -OCH3 is 1. The van der Waals surface area contributed by atoms with Gasteiger partial charge in [0.15, 0.2) is 11.6 Å². The maximum absolute atomic E-state index is 14.6. The summed E-state index contributed by atoms with van der Waals surface area (Å²) in [5, 5.41) is 3.07. The fraction of sp³-hybridized carbons (Fsp3) is 0.0952. The summed E-state index contributed by atoms with van der Waals surface area (Å²) in [7, 11) is 1.44. The molecule has 0 bridgehead atoms. The van der Waals surface area contributed by atoms with E-state index in [1.54, 1.807) is 24.3 Å². The quantitative estimate of drug-likeness (QED) is 0.632. The molecular formula is C21H18ClFN2O2. The van der Waals surface area contributed by atoms with Crippen LogP contribution in [-0.2, 0) is 6.42 Å². The molecule has 2 amide bonds. The van der Waals surface area contributed by atoms with Crippen molar-refractivity contribution in [3.63, 3.8) is 0 Å². The Hall–Kier alpha value is -3.05. The van der Waals surface area contributed by atoms with Gasteiger partial charge in [-0.1, -0.05) is 35.9 Å². The Morgan fingerprint density at radius 1 is 1.11 bits per heavy atom. The van der Waals surface area contributed by atoms with Gasteiger partial charge < -0.3 is 15.8 Å². The van der Waals surface area contributed by atoms with E-state index < -0.39 is 11.8 Å². The zero-order valence-corrected chi connectivity index (χ0v) is 15.4. The molecule has 0 fully saturated rings. The van der Waals surface area contributed by atoms with Crippen LogP contribution >= 0.6 is 11.6 Å². The number of hydrogen-bond acceptors (Lipinski definition) is 2. The van der Waals surface area contributed by atoms with Gasteiger partial charge in [-0.05, 0) is 59.5 Å². The van der Waals surface area contributed by atoms with Crippen molar-refractivity contribution in [2.75, 3.05) is 12.4 Å². The summed E-state index contributed by atoms with van der Waals surface area (Å²) < 4.78 is 19.8. The van der Waals surface area contributed by atoms with Crippen LogP contribution in [0.5, 0.6) is 5.75 Å². The number of rotatable bonds is 5. The van der Waals surface area contributed by atoms with Crippen molar-refractivity contribution < 1.29 is 13.9 Å². The Balaban J connectivity index is 1.93. The van der Waals surface area contributed by atoms with Crippen LogP contribution in [0.15, 0.2) is 60.7 Å². The van der Waals surface area contributed by atoms with Crippen LogP contribution in [0.4, 0.5) is 14.9 Å². The highest BCUT2D eigenvalue weighted by Crippen LogP contribution is 2.35. The van der Waals surface area contributed by atoms with E-state index in [2.05, 4.69) is 5.32 Å². The van der Waals surface area contributed by atoms with Gasteiger partial charge in [0.05, 0.1) is 7.11 Å². The molecule has 138 valence electrons. The predicted octanol–water partition coefficient (Wildman–Crippen LogP) is 5.24. The largest absolute Gasteiger partial charge is 0.493 e. The number of ether oxygens (including phenoxy) is 1. The number of nitrogens with one attached hydrogen (secondary N) is 1. The van der Waals surface area contributed by atoms with Crippen LogP contribution in [0.3, 0.4) is 0 Å². The molecule has 3 aromatic rings. The number of amides is 2. The average molecular weight is 385 g/mol. The van der Waals surface area contributed by atoms with Gasteiger partial charge in [0.2, 0.25) is 0 Å². The molecule has 0 saturated carbocycles. The van der Waals surface area contributed by atoms with Crippen molar-refractivity contribution in [2.24, 2.45) is 5.73 Å². The second-order valence-corrected chi connectivity index (χ2v) is 6.47. The molecule has 3 rings (SSSR count). The van der Waals surface area contributed by atoms with Gasteiger partial charge in [0, 0.05) is 16.3 Å². The third-order valence-electron chi connectivity index (χ3n) is 4.07. The van der Waals surface area contributed by atoms with Crippen molar-refractivity contribution in [3.8, 4) is 16.9 Å². The lowest BCUT2D eigenvalue weighted by Gasteiger charge is -2.13. The fourth-order valence-electron chi connectivity index (χ4n) is 2.91. The number of nitrogens with two attached hydrogens (primary N) is 1. The first kappa shape index (κ1) is 18.7. The van der Waals surface area contributed by atoms with E-state index in [9.17, 15) is 9.18 Å². The Kier molecular flexibility index (Phi) is 5.62. The molecule has 0 aliphatic rings. The zero-order valence-electron chi connectivity index (χ0n) is 14.6. The van der Waals surface area contributed by atoms with E-state index in [0.29, 0.717) is 22.7 Å². The van der Waals surface area contributed by atoms with Crippen molar-refractivity contribution >= 4 is 23.3 Å². The van der Waals surface area contributed by atoms with Gasteiger partial charge in [-0.2, -0.15) is 0 Å². The number of benzene rings is 3. The number of urea groups is 1. The lowest BCUT2D eigenvalue weighted by molar-refractivity contribution is 0.259. The minimum absolute atomic E-state index is 0.182. The summed E-state index contributed by atoms with van der Waals surface area (Å²) in [6.07, 6.45) is 0.519. The summed E-state index contributed by atoms with van der Waals surface area (Å²) in [6.45, 7) is 0. The van der Waals surface area contributed by atoms with Crippen molar-refractivity contribution in [1.29, 1.82) is 0 Å². The molecular weight excluding hydrogens is 367 g/mol. The first-order valence-corrected chi connectivity index (χ1v) is 8.62. The smallest absolute Gasteiger partial charge is 0.316 e. The standard InChI is InChI=1S/C21H18ClFN2O2/c1-27-20-18(15-3-2-4-16(22)12-15)10-14(11-19(20)23)9-13-5-7-17(8-6-13)25-21(24)26/h2-8,10-12H,9H2,1H3,(H3,24,25,26). The number of primary amides is 1. The third kappa shape index (κ3) is 4.57. The lowest BCUT2D eigenvalue weighted by Crippen LogP contribution is -2.19. The molecule has 0 heterocycles. The molecule has 0 spiro atoms. The molecule has 0 unspecified atom stereocenters. The second kappa shape index (κ2) is 8.10. The van der Waals surface area contributed by atoms with Gasteiger partial charge in [-0.25, -0.2) is 9.18 Å². The number of carbonyl (C=O) groups is 1. The van der Waals surface area contributed by atoms with Gasteiger partial charge in [0.1, 0.15) is 0 Å². The first-order chi connectivity index (χ1) is 13.0. The molecule has 3 N–H and O–H groups in total. The van der Waals surface area contributed by atoms with Gasteiger partial charge in [0.25, 0.3) is 0 Å². The summed E-state index contributed by atoms with van der Waals surface area (Å²) in [5.41, 5.74) is 8.88. The van der Waals surface area contributed by atoms with E-state index in [1.807, 2.05) is 30.3 Å². The van der Waals surface area contributed by atoms with E-state index in [4.69, 9.17) is 22.1 Å². The molecule has 4 nitrogen and oxygen atoms in total. The molecule has 3 aromatic carbocycles. The normalized spacial score (nSPS) is 10.5. The summed E-state index contributed by atoms with van der Waals surface area (Å²) in [4.78, 5) is 10.9. The van der Waals surface area contributed by atoms with E-state index in [-0.39, 0.29) is 5.75 Å². The maximum atomic E-state index is 14.6. The van der Waals surface area contributed by atoms with Crippen LogP contribution in [0, 0.1) is 5.82 Å². The third-order valence-corrected chi connectivity index (χ3v) is 4.31. The van der Waals surface area contributed by atoms with Crippen LogP contribution < -0.4 is 15.8 Å². The lowest BCUT2D eigenvalue weighted by atomic mass is 9.97. The van der Waals surface area contributed by atoms with Gasteiger partial charge >= 0.3 is 6.03 Å². The van der Waals surface area contributed by atoms with E-state index >= 15 is 0 Å². The van der Waals surface area contributed by atoms with E-state index in [1.165, 1.54) is 13.2 Å². The van der Waals surface area contributed by atoms with Crippen LogP contribution in [0.25, 0.3) is 11.1 Å². The number of halogens is 2. The van der Waals surface area contributed by atoms with Gasteiger partial charge in [-0.3, -0.25) is 0 Å². The molecule has 0 aliphatic carbocycles. The SMILES string of the molecule is COc1c(F)cc(Cc2ccc(NC(N)=O)cc2)cc1-c1cccc(Cl)c1. The first-order valence-electron chi connectivity index (χ1n) is 8.24. The molecule has 27 heavy (non-hydrogen) atoms. The minimum Gasteiger partial charge on any atom is -0.493 e. The highest BCUT2D eigenvalue weighted by atomic mass is 35.5. The number of carbonyl (C=O) groups excluding carboxylic acids is 1. The minimum atomic E-state index is -0.619. The molecule has 0 atom stereocenters. The van der Waals surface area contributed by atoms with E-state index in [0.717, 1.165) is 16.7 Å². The monoisotopic (exact) mass is 384 g/mol. The predicted molar refractivity (Wildman–Crippen MR) is 106 cm³/mol. The van der Waals surface area contributed by atoms with Crippen LogP contribution in [-0.4, -0.2) is 13.1 Å². The summed E-state index contributed by atoms with van der Waals surface area (Å²) >= 11 is 6.08. The number of hydrogen-bond donors (Lipinski definition) is 2. The Labute approximate surface area is 161 Å². The van der Waals surface area contributed by atoms with Crippen molar-refractivity contribution in [3.05, 3.63) is 82.6 Å². The van der Waals surface area contributed by atoms with Crippen molar-refractivity contribution in [2.45, 2.75) is 6.42 Å². The number of anilines is 1. The van der Waals surface area contributed by atoms with Crippen molar-refractivity contribution in [1.82, 2.24) is 0 Å². The second-order valence-electron chi connectivity index (χ2n) is 6.03. The molecule has 0 saturated heterocycles. The Morgan fingerprint density at radius 2 is 1.85 bits per heavy atom. The topological polar surface area (TPSA) is 64.3 Å². The Bertz CT molecular complexity index is 974. The molecule has 0 aromatic heterocycles. The van der Waals surface area contributed by atoms with Crippen LogP contribution in [0.2, 0.25) is 5.02 Å². The average Bonchev–Trinajstić information content (AvgIpc) is 2.62. The van der Waals surface area contributed by atoms with Crippen LogP contribution in [0.1, 0.15) is 11.1 Å². The highest BCUT2D eigenvalue weighted by Gasteiger charge is 2.14. The zero-order chi connectivity index (χ0) is 19.4. The maximum Gasteiger partial charge on any atom is 0.316 e. The molecule has 0 aliphatic heterocycles. The van der Waals surface area contributed by atoms with Gasteiger partial charge in [-0.15, -0.1) is 0 Å². The Morgan fingerprint density at radius 3 is 2.48 bits per heavy atom. The molecule has 6 heteroatoms. The summed E-state index contributed by atoms with van der Waals surface area (Å²) in [6, 6.07) is 17.1.